The molecular formula is C36H38ClFN6O3. The summed E-state index contributed by atoms with van der Waals surface area (Å²) in [7, 11) is 2.11. The summed E-state index contributed by atoms with van der Waals surface area (Å²) in [5.41, 5.74) is 5.36. The van der Waals surface area contributed by atoms with Gasteiger partial charge in [0.2, 0.25) is 6.54 Å². The van der Waals surface area contributed by atoms with E-state index in [0.717, 1.165) is 49.8 Å². The number of hydrogen-bond acceptors (Lipinski definition) is 7. The quantitative estimate of drug-likeness (QED) is 0.205. The van der Waals surface area contributed by atoms with E-state index in [1.165, 1.54) is 22.4 Å². The van der Waals surface area contributed by atoms with E-state index in [9.17, 15) is 9.18 Å². The third-order valence-electron chi connectivity index (χ3n) is 10.6. The van der Waals surface area contributed by atoms with Gasteiger partial charge in [-0.3, -0.25) is 4.79 Å². The zero-order valence-electron chi connectivity index (χ0n) is 26.6. The minimum Gasteiger partial charge on any atom is -0.487 e. The molecule has 4 atom stereocenters. The number of likely N-dealkylation sites (tertiary alicyclic amines) is 1. The fraction of sp³-hybridized carbons (Fsp3) is 0.500. The van der Waals surface area contributed by atoms with Gasteiger partial charge in [-0.25, -0.2) is 11.0 Å². The molecule has 8 rings (SSSR count). The predicted octanol–water partition coefficient (Wildman–Crippen LogP) is 6.04. The maximum Gasteiger partial charge on any atom is 0.319 e. The van der Waals surface area contributed by atoms with Gasteiger partial charge in [-0.05, 0) is 86.7 Å². The second-order valence-electron chi connectivity index (χ2n) is 13.7. The summed E-state index contributed by atoms with van der Waals surface area (Å²) in [5.74, 6) is 0.790. The van der Waals surface area contributed by atoms with Gasteiger partial charge in [0.25, 0.3) is 5.91 Å². The first-order valence-corrected chi connectivity index (χ1v) is 17.1. The fourth-order valence-corrected chi connectivity index (χ4v) is 8.11. The van der Waals surface area contributed by atoms with Crippen LogP contribution >= 0.6 is 11.6 Å². The van der Waals surface area contributed by atoms with E-state index in [1.54, 1.807) is 0 Å². The number of carbonyl (C=O) groups excluding carboxylic acids is 1. The van der Waals surface area contributed by atoms with Crippen LogP contribution in [0.4, 0.5) is 10.2 Å². The van der Waals surface area contributed by atoms with Crippen molar-refractivity contribution in [3.8, 4) is 22.9 Å². The summed E-state index contributed by atoms with van der Waals surface area (Å²) >= 11 is 7.25. The van der Waals surface area contributed by atoms with E-state index < -0.39 is 17.8 Å². The largest absolute Gasteiger partial charge is 0.487 e. The van der Waals surface area contributed by atoms with E-state index in [1.807, 2.05) is 11.0 Å². The van der Waals surface area contributed by atoms with Gasteiger partial charge in [0.15, 0.2) is 11.6 Å². The Labute approximate surface area is 279 Å². The van der Waals surface area contributed by atoms with E-state index in [0.29, 0.717) is 52.5 Å². The molecule has 4 fully saturated rings. The number of aromatic nitrogens is 2. The highest BCUT2D eigenvalue weighted by atomic mass is 35.5. The lowest BCUT2D eigenvalue weighted by Crippen LogP contribution is -2.56. The number of anilines is 1. The molecule has 0 bridgehead atoms. The van der Waals surface area contributed by atoms with Crippen molar-refractivity contribution in [1.82, 2.24) is 19.8 Å². The summed E-state index contributed by atoms with van der Waals surface area (Å²) in [6.07, 6.45) is 6.48. The number of fused-ring (bicyclic) bond motifs is 4. The van der Waals surface area contributed by atoms with Crippen LogP contribution in [0.1, 0.15) is 49.1 Å². The Morgan fingerprint density at radius 1 is 1.19 bits per heavy atom. The predicted molar refractivity (Wildman–Crippen MR) is 179 cm³/mol. The smallest absolute Gasteiger partial charge is 0.319 e. The fourth-order valence-electron chi connectivity index (χ4n) is 7.82. The van der Waals surface area contributed by atoms with Crippen molar-refractivity contribution in [1.29, 1.82) is 0 Å². The third kappa shape index (κ3) is 5.57. The number of nitrogens with zero attached hydrogens (tertiary/aromatic N) is 6. The van der Waals surface area contributed by atoms with E-state index in [4.69, 9.17) is 37.6 Å². The van der Waals surface area contributed by atoms with Crippen LogP contribution in [0.2, 0.25) is 5.02 Å². The van der Waals surface area contributed by atoms with E-state index in [-0.39, 0.29) is 37.8 Å². The van der Waals surface area contributed by atoms with Crippen LogP contribution in [-0.2, 0) is 11.2 Å². The molecule has 0 radical (unpaired) electrons. The number of benzene rings is 2. The SMILES string of the molecule is [C-]#[N+]C[C@H]1CN(c2nc(OC[C@@H]3CCCN3C)nc3c(OC4CC4)c(-c4cccc5c4CC4CC54)c(Cl)cc23)CCN1C(=O)C(=C)F. The molecule has 2 aliphatic heterocycles. The molecule has 2 saturated heterocycles. The van der Waals surface area contributed by atoms with Crippen LogP contribution in [0.3, 0.4) is 0 Å². The van der Waals surface area contributed by atoms with Crippen molar-refractivity contribution in [3.05, 3.63) is 64.2 Å². The molecule has 5 aliphatic rings. The summed E-state index contributed by atoms with van der Waals surface area (Å²) in [6.45, 7) is 13.1. The summed E-state index contributed by atoms with van der Waals surface area (Å²) in [5, 5.41) is 1.28. The Hall–Kier alpha value is -3.94. The Balaban J connectivity index is 1.26. The first kappa shape index (κ1) is 30.4. The molecule has 2 unspecified atom stereocenters. The molecule has 2 aromatic carbocycles. The molecule has 3 aromatic rings. The lowest BCUT2D eigenvalue weighted by atomic mass is 9.93. The second kappa shape index (κ2) is 11.9. The molecule has 3 heterocycles. The van der Waals surface area contributed by atoms with Crippen molar-refractivity contribution >= 4 is 34.2 Å². The zero-order valence-corrected chi connectivity index (χ0v) is 27.3. The molecule has 11 heteroatoms. The Kier molecular flexibility index (Phi) is 7.72. The van der Waals surface area contributed by atoms with Gasteiger partial charge in [0.05, 0.1) is 11.1 Å². The number of hydrogen-bond donors (Lipinski definition) is 0. The molecule has 1 amide bonds. The molecule has 1 aromatic heterocycles. The van der Waals surface area contributed by atoms with Gasteiger partial charge in [0, 0.05) is 36.6 Å². The van der Waals surface area contributed by atoms with Gasteiger partial charge < -0.3 is 29.0 Å². The second-order valence-corrected chi connectivity index (χ2v) is 14.1. The topological polar surface area (TPSA) is 75.4 Å². The number of halogens is 2. The molecule has 244 valence electrons. The lowest BCUT2D eigenvalue weighted by Gasteiger charge is -2.39. The molecule has 2 saturated carbocycles. The van der Waals surface area contributed by atoms with Crippen molar-refractivity contribution in [2.75, 3.05) is 51.3 Å². The molecular weight excluding hydrogens is 619 g/mol. The monoisotopic (exact) mass is 656 g/mol. The summed E-state index contributed by atoms with van der Waals surface area (Å²) < 4.78 is 27.0. The average molecular weight is 657 g/mol. The van der Waals surface area contributed by atoms with E-state index in [2.05, 4.69) is 41.6 Å². The number of rotatable bonds is 9. The number of amides is 1. The van der Waals surface area contributed by atoms with Crippen LogP contribution in [0.15, 0.2) is 36.7 Å². The van der Waals surface area contributed by atoms with Gasteiger partial charge in [-0.2, -0.15) is 9.97 Å². The Bertz CT molecular complexity index is 1820. The average Bonchev–Trinajstić information content (AvgIpc) is 3.97. The normalized spacial score (nSPS) is 25.0. The minimum absolute atomic E-state index is 0.0258. The minimum atomic E-state index is -1.03. The third-order valence-corrected chi connectivity index (χ3v) is 10.9. The number of ether oxygens (including phenoxy) is 2. The van der Waals surface area contributed by atoms with Crippen molar-refractivity contribution in [3.63, 3.8) is 0 Å². The lowest BCUT2D eigenvalue weighted by molar-refractivity contribution is -0.131. The zero-order chi connectivity index (χ0) is 32.4. The maximum atomic E-state index is 14.0. The highest BCUT2D eigenvalue weighted by Crippen LogP contribution is 2.59. The van der Waals surface area contributed by atoms with Crippen LogP contribution in [0, 0.1) is 12.5 Å². The number of piperazine rings is 1. The molecule has 9 nitrogen and oxygen atoms in total. The Morgan fingerprint density at radius 2 is 2.04 bits per heavy atom. The van der Waals surface area contributed by atoms with Crippen LogP contribution < -0.4 is 14.4 Å². The molecule has 0 spiro atoms. The van der Waals surface area contributed by atoms with Crippen molar-refractivity contribution < 1.29 is 18.7 Å². The van der Waals surface area contributed by atoms with Crippen LogP contribution in [-0.4, -0.2) is 90.2 Å². The highest BCUT2D eigenvalue weighted by molar-refractivity contribution is 6.35. The first-order valence-electron chi connectivity index (χ1n) is 16.7. The van der Waals surface area contributed by atoms with Gasteiger partial charge >= 0.3 is 6.01 Å². The van der Waals surface area contributed by atoms with Crippen LogP contribution in [0.5, 0.6) is 11.8 Å². The number of likely N-dealkylation sites (N-methyl/N-ethyl adjacent to an activating group) is 1. The van der Waals surface area contributed by atoms with Gasteiger partial charge in [-0.15, -0.1) is 0 Å². The molecule has 0 N–H and O–H groups in total. The maximum absolute atomic E-state index is 14.0. The summed E-state index contributed by atoms with van der Waals surface area (Å²) in [6, 6.07) is 8.42. The standard InChI is InChI=1S/C36H38ClFN6O3/c1-20(38)35(45)44-13-12-43(18-23(44)17-39-2)34-29-16-30(37)31(26-8-4-7-25-27-14-21(27)15-28(25)26)33(47-24-9-10-24)32(29)40-36(41-34)46-19-22-6-5-11-42(22)3/h4,7-8,16,21-24,27H,1,5-6,9-15,17-19H2,3H3/t21?,22-,23-,27?/m0/s1. The van der Waals surface area contributed by atoms with Crippen molar-refractivity contribution in [2.24, 2.45) is 5.92 Å². The molecule has 47 heavy (non-hydrogen) atoms. The Morgan fingerprint density at radius 3 is 2.79 bits per heavy atom. The summed E-state index contributed by atoms with van der Waals surface area (Å²) in [4.78, 5) is 31.9. The van der Waals surface area contributed by atoms with Crippen molar-refractivity contribution in [2.45, 2.75) is 62.6 Å². The number of carbonyl (C=O) groups is 1. The first-order chi connectivity index (χ1) is 22.8. The van der Waals surface area contributed by atoms with E-state index >= 15 is 0 Å². The van der Waals surface area contributed by atoms with Gasteiger partial charge in [0.1, 0.15) is 24.0 Å². The highest BCUT2D eigenvalue weighted by Gasteiger charge is 2.46. The molecule has 3 aliphatic carbocycles. The van der Waals surface area contributed by atoms with Crippen LogP contribution in [0.25, 0.3) is 26.9 Å². The van der Waals surface area contributed by atoms with Gasteiger partial charge in [-0.1, -0.05) is 36.4 Å².